The molecule has 0 bridgehead atoms. The van der Waals surface area contributed by atoms with Crippen LogP contribution in [0.25, 0.3) is 10.9 Å². The normalized spacial score (nSPS) is 11.6. The Hall–Kier alpha value is -1.58. The van der Waals surface area contributed by atoms with Gasteiger partial charge in [0.05, 0.1) is 0 Å². The van der Waals surface area contributed by atoms with Gasteiger partial charge >= 0.3 is 0 Å². The molecule has 3 rings (SSSR count). The number of benzene rings is 1. The maximum absolute atomic E-state index is 3.52. The van der Waals surface area contributed by atoms with Crippen molar-refractivity contribution in [2.24, 2.45) is 5.92 Å². The number of fused-ring (bicyclic) bond motifs is 1. The predicted molar refractivity (Wildman–Crippen MR) is 91.9 cm³/mol. The molecule has 3 aromatic rings. The van der Waals surface area contributed by atoms with Crippen LogP contribution in [0.3, 0.4) is 0 Å². The molecule has 1 aromatic carbocycles. The van der Waals surface area contributed by atoms with Crippen LogP contribution in [0.1, 0.15) is 25.0 Å². The van der Waals surface area contributed by atoms with Gasteiger partial charge in [-0.15, -0.1) is 0 Å². The molecule has 2 heterocycles. The van der Waals surface area contributed by atoms with Crippen LogP contribution < -0.4 is 5.32 Å². The summed E-state index contributed by atoms with van der Waals surface area (Å²) in [5, 5.41) is 9.20. The van der Waals surface area contributed by atoms with E-state index in [1.54, 1.807) is 11.3 Å². The van der Waals surface area contributed by atoms with Crippen molar-refractivity contribution in [2.45, 2.75) is 26.9 Å². The van der Waals surface area contributed by atoms with E-state index in [0.717, 1.165) is 19.6 Å². The van der Waals surface area contributed by atoms with Gasteiger partial charge in [-0.2, -0.15) is 11.3 Å². The maximum Gasteiger partial charge on any atom is 0.0486 e. The number of thiophene rings is 1. The van der Waals surface area contributed by atoms with E-state index in [4.69, 9.17) is 0 Å². The van der Waals surface area contributed by atoms with E-state index in [1.165, 1.54) is 22.0 Å². The summed E-state index contributed by atoms with van der Waals surface area (Å²) in [7, 11) is 0. The average molecular weight is 298 g/mol. The minimum atomic E-state index is 0.691. The monoisotopic (exact) mass is 298 g/mol. The molecule has 0 fully saturated rings. The molecule has 0 atom stereocenters. The topological polar surface area (TPSA) is 17.0 Å². The molecule has 2 aromatic heterocycles. The molecule has 0 radical (unpaired) electrons. The van der Waals surface area contributed by atoms with Gasteiger partial charge in [-0.05, 0) is 57.9 Å². The molecule has 0 unspecified atom stereocenters. The van der Waals surface area contributed by atoms with Crippen molar-refractivity contribution in [1.29, 1.82) is 0 Å². The lowest BCUT2D eigenvalue weighted by molar-refractivity contribution is 0.552. The first-order valence-corrected chi connectivity index (χ1v) is 8.46. The number of aromatic nitrogens is 1. The van der Waals surface area contributed by atoms with Gasteiger partial charge in [0, 0.05) is 24.8 Å². The van der Waals surface area contributed by atoms with Crippen LogP contribution in [0.5, 0.6) is 0 Å². The van der Waals surface area contributed by atoms with E-state index >= 15 is 0 Å². The minimum absolute atomic E-state index is 0.691. The van der Waals surface area contributed by atoms with Gasteiger partial charge in [0.15, 0.2) is 0 Å². The number of nitrogens with one attached hydrogen (secondary N) is 1. The fourth-order valence-electron chi connectivity index (χ4n) is 2.56. The van der Waals surface area contributed by atoms with Gasteiger partial charge in [-0.3, -0.25) is 0 Å². The standard InChI is InChI=1S/C18H22N2S/c1-14(2)10-19-11-15-3-4-17-5-7-20(18(17)9-15)12-16-6-8-21-13-16/h3-9,13-14,19H,10-12H2,1-2H3. The van der Waals surface area contributed by atoms with Crippen LogP contribution >= 0.6 is 11.3 Å². The quantitative estimate of drug-likeness (QED) is 0.709. The lowest BCUT2D eigenvalue weighted by Crippen LogP contribution is -2.18. The van der Waals surface area contributed by atoms with E-state index in [1.807, 2.05) is 0 Å². The zero-order chi connectivity index (χ0) is 14.7. The van der Waals surface area contributed by atoms with Gasteiger partial charge in [-0.25, -0.2) is 0 Å². The largest absolute Gasteiger partial charge is 0.343 e. The van der Waals surface area contributed by atoms with E-state index in [9.17, 15) is 0 Å². The summed E-state index contributed by atoms with van der Waals surface area (Å²) < 4.78 is 2.34. The molecule has 110 valence electrons. The fraction of sp³-hybridized carbons (Fsp3) is 0.333. The van der Waals surface area contributed by atoms with Crippen LogP contribution in [0, 0.1) is 5.92 Å². The Bertz CT molecular complexity index is 695. The molecular formula is C18H22N2S. The number of rotatable bonds is 6. The second-order valence-electron chi connectivity index (χ2n) is 5.99. The Labute approximate surface area is 130 Å². The Morgan fingerprint density at radius 2 is 2.05 bits per heavy atom. The van der Waals surface area contributed by atoms with E-state index in [0.29, 0.717) is 5.92 Å². The molecule has 1 N–H and O–H groups in total. The van der Waals surface area contributed by atoms with Gasteiger partial charge in [0.1, 0.15) is 0 Å². The third-order valence-corrected chi connectivity index (χ3v) is 4.39. The van der Waals surface area contributed by atoms with Crippen LogP contribution in [0.4, 0.5) is 0 Å². The molecule has 0 saturated carbocycles. The fourth-order valence-corrected chi connectivity index (χ4v) is 3.22. The highest BCUT2D eigenvalue weighted by Crippen LogP contribution is 2.20. The van der Waals surface area contributed by atoms with Crippen molar-refractivity contribution in [2.75, 3.05) is 6.54 Å². The van der Waals surface area contributed by atoms with Crippen LogP contribution in [-0.4, -0.2) is 11.1 Å². The van der Waals surface area contributed by atoms with Crippen molar-refractivity contribution < 1.29 is 0 Å². The van der Waals surface area contributed by atoms with Crippen LogP contribution in [0.2, 0.25) is 0 Å². The Morgan fingerprint density at radius 3 is 2.81 bits per heavy atom. The Balaban J connectivity index is 1.79. The summed E-state index contributed by atoms with van der Waals surface area (Å²) >= 11 is 1.76. The van der Waals surface area contributed by atoms with Crippen molar-refractivity contribution >= 4 is 22.2 Å². The van der Waals surface area contributed by atoms with Gasteiger partial charge < -0.3 is 9.88 Å². The zero-order valence-corrected chi connectivity index (χ0v) is 13.5. The van der Waals surface area contributed by atoms with Gasteiger partial charge in [0.25, 0.3) is 0 Å². The molecule has 21 heavy (non-hydrogen) atoms. The molecule has 0 aliphatic carbocycles. The summed E-state index contributed by atoms with van der Waals surface area (Å²) in [6.45, 7) is 7.44. The first kappa shape index (κ1) is 14.4. The van der Waals surface area contributed by atoms with Gasteiger partial charge in [-0.1, -0.05) is 26.0 Å². The van der Waals surface area contributed by atoms with Crippen molar-refractivity contribution in [3.8, 4) is 0 Å². The van der Waals surface area contributed by atoms with Gasteiger partial charge in [0.2, 0.25) is 0 Å². The smallest absolute Gasteiger partial charge is 0.0486 e. The third-order valence-electron chi connectivity index (χ3n) is 3.65. The summed E-state index contributed by atoms with van der Waals surface area (Å²) in [5.41, 5.74) is 4.05. The SMILES string of the molecule is CC(C)CNCc1ccc2ccn(Cc3ccsc3)c2c1. The van der Waals surface area contributed by atoms with Crippen molar-refractivity contribution in [3.63, 3.8) is 0 Å². The highest BCUT2D eigenvalue weighted by atomic mass is 32.1. The highest BCUT2D eigenvalue weighted by Gasteiger charge is 2.04. The van der Waals surface area contributed by atoms with E-state index in [-0.39, 0.29) is 0 Å². The minimum Gasteiger partial charge on any atom is -0.343 e. The molecule has 0 aliphatic rings. The summed E-state index contributed by atoms with van der Waals surface area (Å²) in [6.07, 6.45) is 2.19. The molecular weight excluding hydrogens is 276 g/mol. The van der Waals surface area contributed by atoms with Crippen molar-refractivity contribution in [1.82, 2.24) is 9.88 Å². The second-order valence-corrected chi connectivity index (χ2v) is 6.77. The molecule has 2 nitrogen and oxygen atoms in total. The molecule has 0 aliphatic heterocycles. The molecule has 0 amide bonds. The number of hydrogen-bond acceptors (Lipinski definition) is 2. The third kappa shape index (κ3) is 3.55. The number of hydrogen-bond donors (Lipinski definition) is 1. The summed E-state index contributed by atoms with van der Waals surface area (Å²) in [6, 6.07) is 11.2. The maximum atomic E-state index is 3.52. The second kappa shape index (κ2) is 6.46. The van der Waals surface area contributed by atoms with E-state index in [2.05, 4.69) is 71.0 Å². The first-order valence-electron chi connectivity index (χ1n) is 7.52. The lowest BCUT2D eigenvalue weighted by Gasteiger charge is -2.09. The Morgan fingerprint density at radius 1 is 1.14 bits per heavy atom. The number of nitrogens with zero attached hydrogens (tertiary/aromatic N) is 1. The molecule has 3 heteroatoms. The summed E-state index contributed by atoms with van der Waals surface area (Å²) in [5.74, 6) is 0.691. The average Bonchev–Trinajstić information content (AvgIpc) is 3.09. The molecule has 0 spiro atoms. The van der Waals surface area contributed by atoms with Crippen LogP contribution in [-0.2, 0) is 13.1 Å². The lowest BCUT2D eigenvalue weighted by atomic mass is 10.1. The highest BCUT2D eigenvalue weighted by molar-refractivity contribution is 7.07. The van der Waals surface area contributed by atoms with Crippen molar-refractivity contribution in [3.05, 3.63) is 58.4 Å². The first-order chi connectivity index (χ1) is 10.2. The van der Waals surface area contributed by atoms with Crippen LogP contribution in [0.15, 0.2) is 47.3 Å². The molecule has 0 saturated heterocycles. The predicted octanol–water partition coefficient (Wildman–Crippen LogP) is 4.50. The zero-order valence-electron chi connectivity index (χ0n) is 12.7. The Kier molecular flexibility index (Phi) is 4.42. The van der Waals surface area contributed by atoms with E-state index < -0.39 is 0 Å². The summed E-state index contributed by atoms with van der Waals surface area (Å²) in [4.78, 5) is 0.